The van der Waals surface area contributed by atoms with Gasteiger partial charge in [-0.3, -0.25) is 4.79 Å². The summed E-state index contributed by atoms with van der Waals surface area (Å²) < 4.78 is 0. The lowest BCUT2D eigenvalue weighted by molar-refractivity contribution is -0.133. The summed E-state index contributed by atoms with van der Waals surface area (Å²) in [6, 6.07) is 2.46. The molecular formula is C11H13NO. The number of rotatable bonds is 0. The molecule has 0 amide bonds. The van der Waals surface area contributed by atoms with Crippen LogP contribution >= 0.6 is 0 Å². The Morgan fingerprint density at radius 3 is 3.08 bits per heavy atom. The quantitative estimate of drug-likeness (QED) is 0.564. The Kier molecular flexibility index (Phi) is 1.25. The summed E-state index contributed by atoms with van der Waals surface area (Å²) >= 11 is 0. The third-order valence-electron chi connectivity index (χ3n) is 4.55. The zero-order chi connectivity index (χ0) is 9.05. The van der Waals surface area contributed by atoms with E-state index in [2.05, 4.69) is 6.07 Å². The van der Waals surface area contributed by atoms with E-state index in [9.17, 15) is 10.1 Å². The molecule has 0 radical (unpaired) electrons. The SMILES string of the molecule is N#C[C@]12CCC(=O)[C@H]1[C@@H]1CCC[C@@H]12. The van der Waals surface area contributed by atoms with Crippen molar-refractivity contribution in [1.82, 2.24) is 0 Å². The zero-order valence-corrected chi connectivity index (χ0v) is 7.62. The van der Waals surface area contributed by atoms with Gasteiger partial charge in [0.1, 0.15) is 5.78 Å². The molecule has 3 fully saturated rings. The molecule has 3 rings (SSSR count). The van der Waals surface area contributed by atoms with Crippen LogP contribution in [0.25, 0.3) is 0 Å². The number of nitriles is 1. The Labute approximate surface area is 77.9 Å². The predicted octanol–water partition coefficient (Wildman–Crippen LogP) is 1.91. The molecule has 3 aliphatic rings. The van der Waals surface area contributed by atoms with Crippen LogP contribution in [0.15, 0.2) is 0 Å². The van der Waals surface area contributed by atoms with Gasteiger partial charge in [0.05, 0.1) is 11.5 Å². The van der Waals surface area contributed by atoms with E-state index in [0.29, 0.717) is 24.0 Å². The van der Waals surface area contributed by atoms with Crippen LogP contribution in [-0.4, -0.2) is 5.78 Å². The number of Topliss-reactive ketones (excluding diaryl/α,β-unsaturated/α-hetero) is 1. The topological polar surface area (TPSA) is 40.9 Å². The first-order chi connectivity index (χ1) is 6.29. The van der Waals surface area contributed by atoms with Crippen molar-refractivity contribution in [2.75, 3.05) is 0 Å². The van der Waals surface area contributed by atoms with Gasteiger partial charge in [0.25, 0.3) is 0 Å². The molecule has 0 bridgehead atoms. The highest BCUT2D eigenvalue weighted by Crippen LogP contribution is 2.68. The van der Waals surface area contributed by atoms with E-state index in [1.54, 1.807) is 0 Å². The van der Waals surface area contributed by atoms with Crippen molar-refractivity contribution in [2.45, 2.75) is 32.1 Å². The third kappa shape index (κ3) is 0.643. The standard InChI is InChI=1S/C11H13NO/c12-6-11-5-4-9(13)10(11)7-2-1-3-8(7)11/h7-8,10H,1-5H2/t7-,8+,10-,11+/m1/s1. The molecule has 0 N–H and O–H groups in total. The maximum Gasteiger partial charge on any atom is 0.137 e. The van der Waals surface area contributed by atoms with Crippen LogP contribution in [0, 0.1) is 34.5 Å². The molecule has 3 saturated carbocycles. The van der Waals surface area contributed by atoms with Crippen LogP contribution in [-0.2, 0) is 4.79 Å². The Morgan fingerprint density at radius 1 is 1.46 bits per heavy atom. The van der Waals surface area contributed by atoms with Crippen LogP contribution in [0.3, 0.4) is 0 Å². The van der Waals surface area contributed by atoms with Gasteiger partial charge in [-0.25, -0.2) is 0 Å². The first kappa shape index (κ1) is 7.55. The van der Waals surface area contributed by atoms with Crippen LogP contribution in [0.1, 0.15) is 32.1 Å². The Balaban J connectivity index is 2.02. The van der Waals surface area contributed by atoms with E-state index >= 15 is 0 Å². The van der Waals surface area contributed by atoms with E-state index in [1.165, 1.54) is 19.3 Å². The van der Waals surface area contributed by atoms with Gasteiger partial charge < -0.3 is 0 Å². The van der Waals surface area contributed by atoms with Gasteiger partial charge in [-0.05, 0) is 31.1 Å². The van der Waals surface area contributed by atoms with Crippen molar-refractivity contribution < 1.29 is 4.79 Å². The summed E-state index contributed by atoms with van der Waals surface area (Å²) in [6.07, 6.45) is 5.16. The van der Waals surface area contributed by atoms with Crippen molar-refractivity contribution in [3.05, 3.63) is 0 Å². The number of ketones is 1. The molecule has 68 valence electrons. The van der Waals surface area contributed by atoms with E-state index in [0.717, 1.165) is 6.42 Å². The van der Waals surface area contributed by atoms with Gasteiger partial charge in [-0.1, -0.05) is 6.42 Å². The molecule has 0 aromatic rings. The number of carbonyl (C=O) groups excluding carboxylic acids is 1. The maximum absolute atomic E-state index is 11.6. The Morgan fingerprint density at radius 2 is 2.31 bits per heavy atom. The summed E-state index contributed by atoms with van der Waals surface area (Å²) in [7, 11) is 0. The minimum absolute atomic E-state index is 0.144. The number of hydrogen-bond donors (Lipinski definition) is 0. The van der Waals surface area contributed by atoms with Gasteiger partial charge in [0.15, 0.2) is 0 Å². The molecule has 4 atom stereocenters. The lowest BCUT2D eigenvalue weighted by atomic mass is 9.50. The van der Waals surface area contributed by atoms with Crippen LogP contribution in [0.4, 0.5) is 0 Å². The van der Waals surface area contributed by atoms with E-state index in [1.807, 2.05) is 0 Å². The minimum Gasteiger partial charge on any atom is -0.299 e. The second-order valence-electron chi connectivity index (χ2n) is 4.80. The lowest BCUT2D eigenvalue weighted by Gasteiger charge is -2.50. The highest BCUT2D eigenvalue weighted by Gasteiger charge is 2.68. The number of hydrogen-bond acceptors (Lipinski definition) is 2. The summed E-state index contributed by atoms with van der Waals surface area (Å²) in [5.74, 6) is 1.69. The van der Waals surface area contributed by atoms with Crippen LogP contribution < -0.4 is 0 Å². The largest absolute Gasteiger partial charge is 0.299 e. The number of nitrogens with zero attached hydrogens (tertiary/aromatic N) is 1. The molecule has 0 spiro atoms. The van der Waals surface area contributed by atoms with Crippen LogP contribution in [0.5, 0.6) is 0 Å². The highest BCUT2D eigenvalue weighted by atomic mass is 16.1. The Bertz CT molecular complexity index is 317. The highest BCUT2D eigenvalue weighted by molar-refractivity contribution is 5.87. The minimum atomic E-state index is -0.196. The molecule has 0 saturated heterocycles. The molecule has 0 aromatic heterocycles. The van der Waals surface area contributed by atoms with Gasteiger partial charge in [0, 0.05) is 12.3 Å². The first-order valence-electron chi connectivity index (χ1n) is 5.23. The number of carbonyl (C=O) groups is 1. The van der Waals surface area contributed by atoms with E-state index in [-0.39, 0.29) is 11.3 Å². The third-order valence-corrected chi connectivity index (χ3v) is 4.55. The average molecular weight is 175 g/mol. The van der Waals surface area contributed by atoms with E-state index < -0.39 is 0 Å². The molecule has 0 heterocycles. The van der Waals surface area contributed by atoms with Gasteiger partial charge in [-0.15, -0.1) is 0 Å². The molecule has 0 aromatic carbocycles. The van der Waals surface area contributed by atoms with Gasteiger partial charge in [0.2, 0.25) is 0 Å². The van der Waals surface area contributed by atoms with Crippen molar-refractivity contribution in [3.63, 3.8) is 0 Å². The molecule has 2 nitrogen and oxygen atoms in total. The monoisotopic (exact) mass is 175 g/mol. The average Bonchev–Trinajstić information content (AvgIpc) is 2.61. The molecule has 13 heavy (non-hydrogen) atoms. The fraction of sp³-hybridized carbons (Fsp3) is 0.818. The summed E-state index contributed by atoms with van der Waals surface area (Å²) in [5.41, 5.74) is -0.196. The molecular weight excluding hydrogens is 162 g/mol. The molecule has 0 aliphatic heterocycles. The molecule has 2 heteroatoms. The van der Waals surface area contributed by atoms with Gasteiger partial charge >= 0.3 is 0 Å². The summed E-state index contributed by atoms with van der Waals surface area (Å²) in [5, 5.41) is 9.21. The van der Waals surface area contributed by atoms with Gasteiger partial charge in [-0.2, -0.15) is 5.26 Å². The number of fused-ring (bicyclic) bond motifs is 4. The summed E-state index contributed by atoms with van der Waals surface area (Å²) in [4.78, 5) is 11.6. The van der Waals surface area contributed by atoms with Crippen molar-refractivity contribution in [3.8, 4) is 6.07 Å². The predicted molar refractivity (Wildman–Crippen MR) is 46.6 cm³/mol. The Hall–Kier alpha value is -0.840. The van der Waals surface area contributed by atoms with Crippen molar-refractivity contribution in [1.29, 1.82) is 5.26 Å². The molecule has 3 aliphatic carbocycles. The maximum atomic E-state index is 11.6. The fourth-order valence-electron chi connectivity index (χ4n) is 4.08. The fourth-order valence-corrected chi connectivity index (χ4v) is 4.08. The van der Waals surface area contributed by atoms with Crippen LogP contribution in [0.2, 0.25) is 0 Å². The lowest BCUT2D eigenvalue weighted by Crippen LogP contribution is -2.52. The molecule has 0 unspecified atom stereocenters. The normalized spacial score (nSPS) is 52.2. The second-order valence-corrected chi connectivity index (χ2v) is 4.80. The van der Waals surface area contributed by atoms with E-state index in [4.69, 9.17) is 0 Å². The summed E-state index contributed by atoms with van der Waals surface area (Å²) in [6.45, 7) is 0. The smallest absolute Gasteiger partial charge is 0.137 e. The first-order valence-corrected chi connectivity index (χ1v) is 5.23. The van der Waals surface area contributed by atoms with Crippen molar-refractivity contribution >= 4 is 5.78 Å². The van der Waals surface area contributed by atoms with Crippen molar-refractivity contribution in [2.24, 2.45) is 23.2 Å². The zero-order valence-electron chi connectivity index (χ0n) is 7.62. The second kappa shape index (κ2) is 2.15.